The molecule has 0 amide bonds. The van der Waals surface area contributed by atoms with Crippen LogP contribution in [-0.2, 0) is 0 Å². The second kappa shape index (κ2) is 6.52. The van der Waals surface area contributed by atoms with E-state index >= 15 is 0 Å². The third kappa shape index (κ3) is 2.91. The summed E-state index contributed by atoms with van der Waals surface area (Å²) in [6, 6.07) is 8.15. The summed E-state index contributed by atoms with van der Waals surface area (Å²) in [5, 5.41) is 3.23. The number of benzene rings is 1. The molecule has 0 aliphatic carbocycles. The van der Waals surface area contributed by atoms with Crippen molar-refractivity contribution in [2.75, 3.05) is 32.2 Å². The molecule has 6 heteroatoms. The summed E-state index contributed by atoms with van der Waals surface area (Å²) in [6.45, 7) is 3.86. The molecule has 130 valence electrons. The van der Waals surface area contributed by atoms with Gasteiger partial charge in [0, 0.05) is 24.6 Å². The standard InChI is InChI=1S/C19H21N3O2S/c1-12-20-18(15-7-9-25-19(15)21-12)22-8-6-13(11-22)16-10-14(23-2)4-5-17(16)24-3/h4-5,7,9-10,13H,6,8,11H2,1-3H3/t13-/m0/s1. The first-order valence-electron chi connectivity index (χ1n) is 8.38. The highest BCUT2D eigenvalue weighted by molar-refractivity contribution is 7.16. The topological polar surface area (TPSA) is 47.5 Å². The molecule has 0 spiro atoms. The lowest BCUT2D eigenvalue weighted by molar-refractivity contribution is 0.396. The van der Waals surface area contributed by atoms with Crippen molar-refractivity contribution < 1.29 is 9.47 Å². The first-order valence-corrected chi connectivity index (χ1v) is 9.26. The fourth-order valence-corrected chi connectivity index (χ4v) is 4.35. The molecule has 1 saturated heterocycles. The van der Waals surface area contributed by atoms with Gasteiger partial charge in [0.05, 0.1) is 19.6 Å². The van der Waals surface area contributed by atoms with Crippen LogP contribution in [0.25, 0.3) is 10.2 Å². The summed E-state index contributed by atoms with van der Waals surface area (Å²) in [5.74, 6) is 4.06. The number of thiophene rings is 1. The van der Waals surface area contributed by atoms with Gasteiger partial charge >= 0.3 is 0 Å². The Balaban J connectivity index is 1.66. The fourth-order valence-electron chi connectivity index (χ4n) is 3.55. The van der Waals surface area contributed by atoms with Crippen LogP contribution >= 0.6 is 11.3 Å². The van der Waals surface area contributed by atoms with E-state index in [-0.39, 0.29) is 0 Å². The lowest BCUT2D eigenvalue weighted by Crippen LogP contribution is -2.21. The molecule has 3 heterocycles. The molecular formula is C19H21N3O2S. The molecule has 0 bridgehead atoms. The summed E-state index contributed by atoms with van der Waals surface area (Å²) in [7, 11) is 3.42. The van der Waals surface area contributed by atoms with Crippen molar-refractivity contribution >= 4 is 27.4 Å². The molecule has 1 aromatic carbocycles. The van der Waals surface area contributed by atoms with Crippen LogP contribution in [0.4, 0.5) is 5.82 Å². The van der Waals surface area contributed by atoms with E-state index in [4.69, 9.17) is 14.5 Å². The van der Waals surface area contributed by atoms with E-state index in [0.29, 0.717) is 5.92 Å². The van der Waals surface area contributed by atoms with Crippen LogP contribution in [0, 0.1) is 6.92 Å². The fraction of sp³-hybridized carbons (Fsp3) is 0.368. The van der Waals surface area contributed by atoms with Crippen molar-refractivity contribution in [3.8, 4) is 11.5 Å². The predicted octanol–water partition coefficient (Wildman–Crippen LogP) is 4.01. The monoisotopic (exact) mass is 355 g/mol. The van der Waals surface area contributed by atoms with Crippen LogP contribution in [0.2, 0.25) is 0 Å². The molecule has 5 nitrogen and oxygen atoms in total. The summed E-state index contributed by atoms with van der Waals surface area (Å²) < 4.78 is 11.0. The molecule has 1 aliphatic rings. The number of hydrogen-bond donors (Lipinski definition) is 0. The average molecular weight is 355 g/mol. The second-order valence-corrected chi connectivity index (χ2v) is 7.17. The van der Waals surface area contributed by atoms with Crippen molar-refractivity contribution in [2.24, 2.45) is 0 Å². The van der Waals surface area contributed by atoms with Gasteiger partial charge in [0.1, 0.15) is 28.0 Å². The Morgan fingerprint density at radius 3 is 2.84 bits per heavy atom. The molecule has 1 fully saturated rings. The van der Waals surface area contributed by atoms with Crippen LogP contribution in [0.15, 0.2) is 29.6 Å². The lowest BCUT2D eigenvalue weighted by atomic mass is 9.97. The smallest absolute Gasteiger partial charge is 0.141 e. The maximum atomic E-state index is 5.58. The molecule has 2 aromatic heterocycles. The number of aryl methyl sites for hydroxylation is 1. The van der Waals surface area contributed by atoms with Gasteiger partial charge in [0.15, 0.2) is 0 Å². The Labute approximate surface area is 151 Å². The third-order valence-electron chi connectivity index (χ3n) is 4.78. The van der Waals surface area contributed by atoms with E-state index in [1.807, 2.05) is 19.1 Å². The van der Waals surface area contributed by atoms with Crippen molar-refractivity contribution in [2.45, 2.75) is 19.3 Å². The number of aromatic nitrogens is 2. The summed E-state index contributed by atoms with van der Waals surface area (Å²) in [4.78, 5) is 12.7. The van der Waals surface area contributed by atoms with Gasteiger partial charge in [-0.2, -0.15) is 0 Å². The number of hydrogen-bond acceptors (Lipinski definition) is 6. The van der Waals surface area contributed by atoms with Crippen molar-refractivity contribution in [3.05, 3.63) is 41.0 Å². The highest BCUT2D eigenvalue weighted by Gasteiger charge is 2.28. The minimum absolute atomic E-state index is 0.397. The molecule has 1 atom stereocenters. The van der Waals surface area contributed by atoms with Gasteiger partial charge in [-0.1, -0.05) is 0 Å². The van der Waals surface area contributed by atoms with E-state index in [0.717, 1.165) is 52.9 Å². The van der Waals surface area contributed by atoms with Crippen molar-refractivity contribution in [1.82, 2.24) is 9.97 Å². The number of fused-ring (bicyclic) bond motifs is 1. The molecule has 0 radical (unpaired) electrons. The number of nitrogens with zero attached hydrogens (tertiary/aromatic N) is 3. The molecular weight excluding hydrogens is 334 g/mol. The van der Waals surface area contributed by atoms with E-state index in [1.54, 1.807) is 25.6 Å². The molecule has 4 rings (SSSR count). The third-order valence-corrected chi connectivity index (χ3v) is 5.59. The van der Waals surface area contributed by atoms with E-state index in [9.17, 15) is 0 Å². The SMILES string of the molecule is COc1ccc(OC)c([C@H]2CCN(c3nc(C)nc4sccc34)C2)c1. The van der Waals surface area contributed by atoms with Gasteiger partial charge in [-0.05, 0) is 43.0 Å². The normalized spacial score (nSPS) is 17.2. The van der Waals surface area contributed by atoms with Gasteiger partial charge in [-0.15, -0.1) is 11.3 Å². The van der Waals surface area contributed by atoms with E-state index in [2.05, 4.69) is 27.4 Å². The zero-order valence-corrected chi connectivity index (χ0v) is 15.5. The summed E-state index contributed by atoms with van der Waals surface area (Å²) in [5.41, 5.74) is 1.21. The maximum absolute atomic E-state index is 5.58. The minimum Gasteiger partial charge on any atom is -0.497 e. The molecule has 0 unspecified atom stereocenters. The van der Waals surface area contributed by atoms with Crippen LogP contribution in [0.3, 0.4) is 0 Å². The molecule has 25 heavy (non-hydrogen) atoms. The van der Waals surface area contributed by atoms with Crippen LogP contribution in [0.5, 0.6) is 11.5 Å². The van der Waals surface area contributed by atoms with Crippen molar-refractivity contribution in [3.63, 3.8) is 0 Å². The lowest BCUT2D eigenvalue weighted by Gasteiger charge is -2.20. The second-order valence-electron chi connectivity index (χ2n) is 6.27. The maximum Gasteiger partial charge on any atom is 0.141 e. The van der Waals surface area contributed by atoms with Crippen LogP contribution in [-0.4, -0.2) is 37.3 Å². The quantitative estimate of drug-likeness (QED) is 0.708. The average Bonchev–Trinajstić information content (AvgIpc) is 3.29. The molecule has 0 N–H and O–H groups in total. The first-order chi connectivity index (χ1) is 12.2. The van der Waals surface area contributed by atoms with Crippen LogP contribution in [0.1, 0.15) is 23.7 Å². The van der Waals surface area contributed by atoms with Crippen LogP contribution < -0.4 is 14.4 Å². The Hall–Kier alpha value is -2.34. The zero-order valence-electron chi connectivity index (χ0n) is 14.7. The summed E-state index contributed by atoms with van der Waals surface area (Å²) >= 11 is 1.67. The zero-order chi connectivity index (χ0) is 17.4. The predicted molar refractivity (Wildman–Crippen MR) is 101 cm³/mol. The van der Waals surface area contributed by atoms with E-state index in [1.165, 1.54) is 5.56 Å². The first kappa shape index (κ1) is 16.1. The molecule has 0 saturated carbocycles. The van der Waals surface area contributed by atoms with Gasteiger partial charge in [0.25, 0.3) is 0 Å². The highest BCUT2D eigenvalue weighted by Crippen LogP contribution is 2.38. The summed E-state index contributed by atoms with van der Waals surface area (Å²) in [6.07, 6.45) is 1.07. The van der Waals surface area contributed by atoms with Gasteiger partial charge < -0.3 is 14.4 Å². The minimum atomic E-state index is 0.397. The number of anilines is 1. The number of methoxy groups -OCH3 is 2. The Bertz CT molecular complexity index is 909. The number of ether oxygens (including phenoxy) is 2. The van der Waals surface area contributed by atoms with Gasteiger partial charge in [0.2, 0.25) is 0 Å². The van der Waals surface area contributed by atoms with Gasteiger partial charge in [-0.3, -0.25) is 0 Å². The largest absolute Gasteiger partial charge is 0.497 e. The Morgan fingerprint density at radius 2 is 2.04 bits per heavy atom. The van der Waals surface area contributed by atoms with Gasteiger partial charge in [-0.25, -0.2) is 9.97 Å². The highest BCUT2D eigenvalue weighted by atomic mass is 32.1. The molecule has 1 aliphatic heterocycles. The Kier molecular flexibility index (Phi) is 4.21. The molecule has 3 aromatic rings. The number of rotatable bonds is 4. The Morgan fingerprint density at radius 1 is 1.16 bits per heavy atom. The van der Waals surface area contributed by atoms with E-state index < -0.39 is 0 Å². The van der Waals surface area contributed by atoms with Crippen molar-refractivity contribution in [1.29, 1.82) is 0 Å².